The number of benzene rings is 3. The number of hydrogen-bond acceptors (Lipinski definition) is 5. The Morgan fingerprint density at radius 3 is 1.76 bits per heavy atom. The molecule has 0 bridgehead atoms. The average Bonchev–Trinajstić information content (AvgIpc) is 2.98. The van der Waals surface area contributed by atoms with Crippen LogP contribution in [0.15, 0.2) is 104 Å². The van der Waals surface area contributed by atoms with Crippen LogP contribution >= 0.6 is 0 Å². The van der Waals surface area contributed by atoms with Gasteiger partial charge in [-0.15, -0.1) is 6.58 Å². The highest BCUT2D eigenvalue weighted by Crippen LogP contribution is 2.31. The van der Waals surface area contributed by atoms with E-state index in [1.807, 2.05) is 118 Å². The highest BCUT2D eigenvalue weighted by atomic mass is 16.6. The van der Waals surface area contributed by atoms with Crippen molar-refractivity contribution in [2.24, 2.45) is 5.41 Å². The van der Waals surface area contributed by atoms with Crippen molar-refractivity contribution in [3.05, 3.63) is 120 Å². The topological polar surface area (TPSA) is 66.0 Å². The summed E-state index contributed by atoms with van der Waals surface area (Å²) < 4.78 is 26.1. The van der Waals surface area contributed by atoms with Crippen LogP contribution < -0.4 is 5.32 Å². The molecule has 0 aromatic heterocycles. The molecule has 0 aliphatic carbocycles. The van der Waals surface area contributed by atoms with Crippen molar-refractivity contribution in [2.75, 3.05) is 6.61 Å². The first-order chi connectivity index (χ1) is 19.8. The first-order valence-electron chi connectivity index (χ1n) is 14.3. The second-order valence-electron chi connectivity index (χ2n) is 11.5. The zero-order valence-electron chi connectivity index (χ0n) is 24.4. The summed E-state index contributed by atoms with van der Waals surface area (Å²) in [5.41, 5.74) is 2.58. The van der Waals surface area contributed by atoms with Gasteiger partial charge in [0, 0.05) is 5.41 Å². The molecule has 6 nitrogen and oxygen atoms in total. The van der Waals surface area contributed by atoms with Crippen LogP contribution in [0.1, 0.15) is 43.9 Å². The maximum atomic E-state index is 13.3. The van der Waals surface area contributed by atoms with Crippen molar-refractivity contribution in [1.29, 1.82) is 0 Å². The second kappa shape index (κ2) is 15.1. The zero-order valence-corrected chi connectivity index (χ0v) is 24.4. The standard InChI is InChI=1S/C35H43NO5/c1-5-15-29-31(36-34(37)35(2,3)4)33(40-24-28-20-13-8-14-21-28)32(39-23-27-18-11-7-12-19-27)30(41-29)25-38-22-26-16-9-6-10-17-26/h5-14,16-21,29-33H,1,15,22-25H2,2-4H3,(H,36,37)/t29-,30-,31+,32-,33-/m1/s1. The highest BCUT2D eigenvalue weighted by molar-refractivity contribution is 5.81. The molecular formula is C35H43NO5. The summed E-state index contributed by atoms with van der Waals surface area (Å²) in [5.74, 6) is -0.0749. The Morgan fingerprint density at radius 1 is 0.780 bits per heavy atom. The quantitative estimate of drug-likeness (QED) is 0.252. The van der Waals surface area contributed by atoms with Crippen molar-refractivity contribution < 1.29 is 23.7 Å². The molecule has 0 spiro atoms. The van der Waals surface area contributed by atoms with Crippen LogP contribution in [0.2, 0.25) is 0 Å². The van der Waals surface area contributed by atoms with Gasteiger partial charge in [-0.25, -0.2) is 0 Å². The van der Waals surface area contributed by atoms with E-state index in [1.165, 1.54) is 0 Å². The SMILES string of the molecule is C=CC[C@H]1O[C@H](COCc2ccccc2)[C@@H](OCc2ccccc2)[C@H](OCc2ccccc2)[C@H]1NC(=O)C(C)(C)C. The lowest BCUT2D eigenvalue weighted by atomic mass is 9.88. The van der Waals surface area contributed by atoms with Gasteiger partial charge >= 0.3 is 0 Å². The minimum Gasteiger partial charge on any atom is -0.374 e. The fourth-order valence-electron chi connectivity index (χ4n) is 4.86. The molecule has 3 aromatic rings. The minimum absolute atomic E-state index is 0.0749. The molecule has 218 valence electrons. The number of carbonyl (C=O) groups is 1. The molecule has 1 saturated heterocycles. The largest absolute Gasteiger partial charge is 0.374 e. The monoisotopic (exact) mass is 557 g/mol. The van der Waals surface area contributed by atoms with Gasteiger partial charge in [-0.05, 0) is 23.1 Å². The molecule has 0 unspecified atom stereocenters. The number of rotatable bonds is 13. The molecule has 6 heteroatoms. The van der Waals surface area contributed by atoms with Crippen LogP contribution in [0.25, 0.3) is 0 Å². The Morgan fingerprint density at radius 2 is 1.27 bits per heavy atom. The van der Waals surface area contributed by atoms with Gasteiger partial charge in [0.25, 0.3) is 0 Å². The summed E-state index contributed by atoms with van der Waals surface area (Å²) in [4.78, 5) is 13.3. The van der Waals surface area contributed by atoms with Gasteiger partial charge in [-0.3, -0.25) is 4.79 Å². The van der Waals surface area contributed by atoms with E-state index in [1.54, 1.807) is 0 Å². The van der Waals surface area contributed by atoms with Crippen LogP contribution in [-0.2, 0) is 43.6 Å². The Balaban J connectivity index is 1.63. The average molecular weight is 558 g/mol. The lowest BCUT2D eigenvalue weighted by Crippen LogP contribution is -2.66. The van der Waals surface area contributed by atoms with Gasteiger partial charge in [0.05, 0.1) is 38.6 Å². The third kappa shape index (κ3) is 9.10. The number of hydrogen-bond donors (Lipinski definition) is 1. The van der Waals surface area contributed by atoms with E-state index in [4.69, 9.17) is 18.9 Å². The fraction of sp³-hybridized carbons (Fsp3) is 0.400. The van der Waals surface area contributed by atoms with Crippen LogP contribution in [-0.4, -0.2) is 43.0 Å². The summed E-state index contributed by atoms with van der Waals surface area (Å²) in [7, 11) is 0. The molecule has 0 radical (unpaired) electrons. The van der Waals surface area contributed by atoms with E-state index in [9.17, 15) is 4.79 Å². The first-order valence-corrected chi connectivity index (χ1v) is 14.3. The minimum atomic E-state index is -0.585. The van der Waals surface area contributed by atoms with Crippen molar-refractivity contribution in [3.8, 4) is 0 Å². The number of amides is 1. The van der Waals surface area contributed by atoms with Crippen LogP contribution in [0.3, 0.4) is 0 Å². The van der Waals surface area contributed by atoms with E-state index in [2.05, 4.69) is 11.9 Å². The number of ether oxygens (including phenoxy) is 4. The van der Waals surface area contributed by atoms with E-state index >= 15 is 0 Å². The van der Waals surface area contributed by atoms with Gasteiger partial charge in [0.15, 0.2) is 0 Å². The smallest absolute Gasteiger partial charge is 0.225 e. The Labute approximate surface area is 244 Å². The van der Waals surface area contributed by atoms with Gasteiger partial charge in [0.1, 0.15) is 18.3 Å². The Kier molecular flexibility index (Phi) is 11.3. The third-order valence-corrected chi connectivity index (χ3v) is 7.14. The predicted octanol–water partition coefficient (Wildman–Crippen LogP) is 6.25. The first kappa shape index (κ1) is 30.7. The molecule has 3 aromatic carbocycles. The molecule has 1 N–H and O–H groups in total. The molecule has 41 heavy (non-hydrogen) atoms. The van der Waals surface area contributed by atoms with Gasteiger partial charge < -0.3 is 24.3 Å². The third-order valence-electron chi connectivity index (χ3n) is 7.14. The van der Waals surface area contributed by atoms with Gasteiger partial charge in [0.2, 0.25) is 5.91 Å². The molecule has 4 rings (SSSR count). The van der Waals surface area contributed by atoms with Crippen molar-refractivity contribution in [3.63, 3.8) is 0 Å². The molecule has 1 fully saturated rings. The van der Waals surface area contributed by atoms with E-state index in [0.717, 1.165) is 16.7 Å². The lowest BCUT2D eigenvalue weighted by Gasteiger charge is -2.47. The van der Waals surface area contributed by atoms with Crippen molar-refractivity contribution in [2.45, 2.75) is 77.5 Å². The van der Waals surface area contributed by atoms with Crippen LogP contribution in [0, 0.1) is 5.41 Å². The Bertz CT molecular complexity index is 1200. The molecule has 1 amide bonds. The maximum absolute atomic E-state index is 13.3. The predicted molar refractivity (Wildman–Crippen MR) is 161 cm³/mol. The van der Waals surface area contributed by atoms with Crippen molar-refractivity contribution in [1.82, 2.24) is 5.32 Å². The van der Waals surface area contributed by atoms with Crippen molar-refractivity contribution >= 4 is 5.91 Å². The maximum Gasteiger partial charge on any atom is 0.225 e. The molecular weight excluding hydrogens is 514 g/mol. The van der Waals surface area contributed by atoms with Crippen LogP contribution in [0.5, 0.6) is 0 Å². The van der Waals surface area contributed by atoms with Crippen LogP contribution in [0.4, 0.5) is 0 Å². The second-order valence-corrected chi connectivity index (χ2v) is 11.5. The zero-order chi connectivity index (χ0) is 29.1. The molecule has 1 aliphatic rings. The lowest BCUT2D eigenvalue weighted by molar-refractivity contribution is -0.232. The highest BCUT2D eigenvalue weighted by Gasteiger charge is 2.48. The summed E-state index contributed by atoms with van der Waals surface area (Å²) in [5, 5.41) is 3.25. The molecule has 5 atom stereocenters. The summed E-state index contributed by atoms with van der Waals surface area (Å²) in [6, 6.07) is 29.7. The van der Waals surface area contributed by atoms with E-state index < -0.39 is 29.8 Å². The normalized spacial score (nSPS) is 22.7. The van der Waals surface area contributed by atoms with Gasteiger partial charge in [-0.2, -0.15) is 0 Å². The Hall–Kier alpha value is -3.29. The number of carbonyl (C=O) groups excluding carboxylic acids is 1. The molecule has 0 saturated carbocycles. The summed E-state index contributed by atoms with van der Waals surface area (Å²) >= 11 is 0. The van der Waals surface area contributed by atoms with E-state index in [0.29, 0.717) is 32.8 Å². The fourth-order valence-corrected chi connectivity index (χ4v) is 4.86. The summed E-state index contributed by atoms with van der Waals surface area (Å²) in [6.07, 6.45) is 0.594. The molecule has 1 aliphatic heterocycles. The van der Waals surface area contributed by atoms with Gasteiger partial charge in [-0.1, -0.05) is 118 Å². The summed E-state index contributed by atoms with van der Waals surface area (Å²) in [6.45, 7) is 11.2. The van der Waals surface area contributed by atoms with E-state index in [-0.39, 0.29) is 12.0 Å². The molecule has 1 heterocycles. The number of nitrogens with one attached hydrogen (secondary N) is 1.